The minimum atomic E-state index is -3.01. The van der Waals surface area contributed by atoms with Gasteiger partial charge in [0.15, 0.2) is 0 Å². The van der Waals surface area contributed by atoms with Crippen molar-refractivity contribution in [2.75, 3.05) is 7.11 Å². The van der Waals surface area contributed by atoms with E-state index in [1.807, 2.05) is 0 Å². The number of aromatic nitrogens is 1. The molecule has 0 unspecified atom stereocenters. The van der Waals surface area contributed by atoms with Gasteiger partial charge in [-0.1, -0.05) is 0 Å². The van der Waals surface area contributed by atoms with Gasteiger partial charge in [0.25, 0.3) is 6.43 Å². The summed E-state index contributed by atoms with van der Waals surface area (Å²) in [6.45, 7) is 0. The third kappa shape index (κ3) is 2.35. The fourth-order valence-corrected chi connectivity index (χ4v) is 1.38. The lowest BCUT2D eigenvalue weighted by molar-refractivity contribution is -0.391. The van der Waals surface area contributed by atoms with Crippen LogP contribution in [-0.4, -0.2) is 17.0 Å². The highest BCUT2D eigenvalue weighted by atomic mass is 35.5. The molecule has 0 fully saturated rings. The molecule has 0 aliphatic heterocycles. The molecule has 0 spiro atoms. The lowest BCUT2D eigenvalue weighted by atomic mass is 10.1. The van der Waals surface area contributed by atoms with Crippen LogP contribution in [0.15, 0.2) is 6.07 Å². The summed E-state index contributed by atoms with van der Waals surface area (Å²) >= 11 is 5.44. The maximum Gasteiger partial charge on any atom is 0.376 e. The zero-order chi connectivity index (χ0) is 12.3. The maximum atomic E-state index is 12.6. The van der Waals surface area contributed by atoms with Crippen LogP contribution in [0, 0.1) is 10.1 Å². The standard InChI is InChI=1S/C8H7ClF2N2O3/c1-16-5-2-4(3-9)6(7(10)11)8(12-5)13(14)15/h2,7H,3H2,1H3. The van der Waals surface area contributed by atoms with Gasteiger partial charge in [0.2, 0.25) is 0 Å². The van der Waals surface area contributed by atoms with E-state index < -0.39 is 22.7 Å². The quantitative estimate of drug-likeness (QED) is 0.469. The lowest BCUT2D eigenvalue weighted by Crippen LogP contribution is -2.04. The van der Waals surface area contributed by atoms with Crippen LogP contribution in [0.1, 0.15) is 17.6 Å². The van der Waals surface area contributed by atoms with Gasteiger partial charge in [-0.05, 0) is 10.5 Å². The van der Waals surface area contributed by atoms with Crippen molar-refractivity contribution in [3.8, 4) is 5.88 Å². The number of methoxy groups -OCH3 is 1. The summed E-state index contributed by atoms with van der Waals surface area (Å²) in [7, 11) is 1.23. The number of pyridine rings is 1. The van der Waals surface area contributed by atoms with E-state index in [9.17, 15) is 18.9 Å². The molecule has 0 aliphatic carbocycles. The predicted octanol–water partition coefficient (Wildman–Crippen LogP) is 2.67. The van der Waals surface area contributed by atoms with E-state index in [0.29, 0.717) is 0 Å². The summed E-state index contributed by atoms with van der Waals surface area (Å²) < 4.78 is 29.9. The van der Waals surface area contributed by atoms with Crippen LogP contribution in [0.25, 0.3) is 0 Å². The van der Waals surface area contributed by atoms with E-state index in [1.165, 1.54) is 7.11 Å². The minimum Gasteiger partial charge on any atom is -0.463 e. The summed E-state index contributed by atoms with van der Waals surface area (Å²) in [5.41, 5.74) is -0.823. The number of alkyl halides is 3. The van der Waals surface area contributed by atoms with Crippen molar-refractivity contribution in [2.24, 2.45) is 0 Å². The Labute approximate surface area is 94.1 Å². The molecule has 1 aromatic heterocycles. The van der Waals surface area contributed by atoms with Crippen molar-refractivity contribution >= 4 is 17.4 Å². The molecule has 0 aromatic carbocycles. The lowest BCUT2D eigenvalue weighted by Gasteiger charge is -2.07. The highest BCUT2D eigenvalue weighted by molar-refractivity contribution is 6.17. The van der Waals surface area contributed by atoms with Crippen LogP contribution in [0.4, 0.5) is 14.6 Å². The summed E-state index contributed by atoms with van der Waals surface area (Å²) in [5, 5.41) is 10.6. The van der Waals surface area contributed by atoms with Gasteiger partial charge < -0.3 is 14.9 Å². The van der Waals surface area contributed by atoms with Gasteiger partial charge in [0.05, 0.1) is 7.11 Å². The van der Waals surface area contributed by atoms with Gasteiger partial charge in [-0.3, -0.25) is 0 Å². The molecular formula is C8H7ClF2N2O3. The first-order chi connectivity index (χ1) is 7.51. The number of rotatable bonds is 4. The second-order valence-corrected chi connectivity index (χ2v) is 3.02. The first-order valence-corrected chi connectivity index (χ1v) is 4.61. The van der Waals surface area contributed by atoms with E-state index in [2.05, 4.69) is 9.72 Å². The fraction of sp³-hybridized carbons (Fsp3) is 0.375. The highest BCUT2D eigenvalue weighted by Crippen LogP contribution is 2.33. The molecule has 1 aromatic rings. The van der Waals surface area contributed by atoms with Crippen LogP contribution < -0.4 is 4.74 Å². The third-order valence-corrected chi connectivity index (χ3v) is 2.13. The van der Waals surface area contributed by atoms with Gasteiger partial charge in [0.1, 0.15) is 5.56 Å². The smallest absolute Gasteiger partial charge is 0.376 e. The van der Waals surface area contributed by atoms with E-state index in [-0.39, 0.29) is 17.3 Å². The van der Waals surface area contributed by atoms with Crippen molar-refractivity contribution in [2.45, 2.75) is 12.3 Å². The molecule has 8 heteroatoms. The molecule has 0 N–H and O–H groups in total. The summed E-state index contributed by atoms with van der Waals surface area (Å²) in [6.07, 6.45) is -3.01. The second kappa shape index (κ2) is 5.02. The number of halogens is 3. The van der Waals surface area contributed by atoms with Crippen molar-refractivity contribution in [1.29, 1.82) is 0 Å². The van der Waals surface area contributed by atoms with Crippen LogP contribution in [0.5, 0.6) is 5.88 Å². The Morgan fingerprint density at radius 3 is 2.69 bits per heavy atom. The van der Waals surface area contributed by atoms with Gasteiger partial charge in [0, 0.05) is 16.9 Å². The Morgan fingerprint density at radius 1 is 1.69 bits per heavy atom. The Balaban J connectivity index is 3.47. The Bertz CT molecular complexity index is 415. The van der Waals surface area contributed by atoms with E-state index in [1.54, 1.807) is 0 Å². The average molecular weight is 253 g/mol. The van der Waals surface area contributed by atoms with Gasteiger partial charge in [-0.25, -0.2) is 8.78 Å². The topological polar surface area (TPSA) is 65.3 Å². The van der Waals surface area contributed by atoms with Gasteiger partial charge >= 0.3 is 11.7 Å². The van der Waals surface area contributed by atoms with Crippen LogP contribution in [0.2, 0.25) is 0 Å². The predicted molar refractivity (Wildman–Crippen MR) is 52.0 cm³/mol. The fourth-order valence-electron chi connectivity index (χ4n) is 1.16. The second-order valence-electron chi connectivity index (χ2n) is 2.75. The van der Waals surface area contributed by atoms with Crippen molar-refractivity contribution in [3.05, 3.63) is 27.3 Å². The molecule has 0 radical (unpaired) electrons. The zero-order valence-corrected chi connectivity index (χ0v) is 8.87. The first kappa shape index (κ1) is 12.6. The molecule has 88 valence electrons. The van der Waals surface area contributed by atoms with Crippen LogP contribution >= 0.6 is 11.6 Å². The molecule has 0 amide bonds. The van der Waals surface area contributed by atoms with Crippen molar-refractivity contribution in [1.82, 2.24) is 4.98 Å². The highest BCUT2D eigenvalue weighted by Gasteiger charge is 2.28. The molecular weight excluding hydrogens is 246 g/mol. The molecule has 0 atom stereocenters. The Morgan fingerprint density at radius 2 is 2.31 bits per heavy atom. The monoisotopic (exact) mass is 252 g/mol. The molecule has 1 rings (SSSR count). The largest absolute Gasteiger partial charge is 0.463 e. The summed E-state index contributed by atoms with van der Waals surface area (Å²) in [4.78, 5) is 12.9. The van der Waals surface area contributed by atoms with Crippen molar-refractivity contribution in [3.63, 3.8) is 0 Å². The normalized spacial score (nSPS) is 10.6. The zero-order valence-electron chi connectivity index (χ0n) is 8.11. The Kier molecular flexibility index (Phi) is 3.94. The summed E-state index contributed by atoms with van der Waals surface area (Å²) in [5.74, 6) is -1.32. The number of ether oxygens (including phenoxy) is 1. The molecule has 0 saturated carbocycles. The number of nitrogens with zero attached hydrogens (tertiary/aromatic N) is 2. The number of nitro groups is 1. The van der Waals surface area contributed by atoms with Crippen molar-refractivity contribution < 1.29 is 18.4 Å². The van der Waals surface area contributed by atoms with E-state index in [4.69, 9.17) is 11.6 Å². The molecule has 16 heavy (non-hydrogen) atoms. The third-order valence-electron chi connectivity index (χ3n) is 1.84. The van der Waals surface area contributed by atoms with Gasteiger partial charge in [-0.15, -0.1) is 11.6 Å². The molecule has 0 aliphatic rings. The van der Waals surface area contributed by atoms with Gasteiger partial charge in [-0.2, -0.15) is 0 Å². The average Bonchev–Trinajstić information content (AvgIpc) is 2.26. The Hall–Kier alpha value is -1.50. The molecule has 5 nitrogen and oxygen atoms in total. The molecule has 0 saturated heterocycles. The first-order valence-electron chi connectivity index (χ1n) is 4.07. The van der Waals surface area contributed by atoms with Crippen LogP contribution in [0.3, 0.4) is 0 Å². The minimum absolute atomic E-state index is 0.0600. The SMILES string of the molecule is COc1cc(CCl)c(C(F)F)c([N+](=O)[O-])n1. The van der Waals surface area contributed by atoms with E-state index in [0.717, 1.165) is 6.07 Å². The molecule has 0 bridgehead atoms. The summed E-state index contributed by atoms with van der Waals surface area (Å²) in [6, 6.07) is 1.15. The molecule has 1 heterocycles. The van der Waals surface area contributed by atoms with E-state index >= 15 is 0 Å². The maximum absolute atomic E-state index is 12.6. The number of hydrogen-bond acceptors (Lipinski definition) is 4. The van der Waals surface area contributed by atoms with Crippen LogP contribution in [-0.2, 0) is 5.88 Å². The number of hydrogen-bond donors (Lipinski definition) is 0.